The average molecular weight is 355 g/mol. The number of unbranched alkanes of at least 4 members (excludes halogenated alkanes) is 6. The molecular weight excluding hydrogens is 324 g/mol. The van der Waals surface area contributed by atoms with E-state index in [1.807, 2.05) is 0 Å². The van der Waals surface area contributed by atoms with Gasteiger partial charge < -0.3 is 4.74 Å². The van der Waals surface area contributed by atoms with E-state index in [9.17, 15) is 0 Å². The van der Waals surface area contributed by atoms with Crippen LogP contribution in [0.5, 0.6) is 5.75 Å². The van der Waals surface area contributed by atoms with Gasteiger partial charge in [-0.3, -0.25) is 0 Å². The summed E-state index contributed by atoms with van der Waals surface area (Å²) in [5.41, 5.74) is 1.42. The summed E-state index contributed by atoms with van der Waals surface area (Å²) in [4.78, 5) is 0. The van der Waals surface area contributed by atoms with Gasteiger partial charge in [0.25, 0.3) is 0 Å². The SMILES string of the molecule is CCCCCCCCCC(CBr)Cc1ccc(OC)cc1. The van der Waals surface area contributed by atoms with Crippen LogP contribution in [0.25, 0.3) is 0 Å². The number of methoxy groups -OCH3 is 1. The average Bonchev–Trinajstić information content (AvgIpc) is 2.53. The van der Waals surface area contributed by atoms with E-state index < -0.39 is 0 Å². The van der Waals surface area contributed by atoms with Crippen LogP contribution in [0.3, 0.4) is 0 Å². The molecule has 1 aromatic rings. The van der Waals surface area contributed by atoms with Gasteiger partial charge in [-0.15, -0.1) is 0 Å². The molecule has 0 saturated carbocycles. The van der Waals surface area contributed by atoms with Crippen LogP contribution in [0.4, 0.5) is 0 Å². The molecular formula is C19H31BrO. The second-order valence-electron chi connectivity index (χ2n) is 5.98. The van der Waals surface area contributed by atoms with E-state index >= 15 is 0 Å². The molecule has 0 N–H and O–H groups in total. The van der Waals surface area contributed by atoms with Crippen molar-refractivity contribution in [2.24, 2.45) is 5.92 Å². The zero-order chi connectivity index (χ0) is 15.3. The second-order valence-corrected chi connectivity index (χ2v) is 6.63. The van der Waals surface area contributed by atoms with Gasteiger partial charge >= 0.3 is 0 Å². The summed E-state index contributed by atoms with van der Waals surface area (Å²) in [7, 11) is 1.72. The molecule has 0 spiro atoms. The zero-order valence-corrected chi connectivity index (χ0v) is 15.3. The lowest BCUT2D eigenvalue weighted by atomic mass is 9.95. The van der Waals surface area contributed by atoms with Gasteiger partial charge in [-0.2, -0.15) is 0 Å². The molecule has 1 aromatic carbocycles. The van der Waals surface area contributed by atoms with E-state index in [0.29, 0.717) is 0 Å². The summed E-state index contributed by atoms with van der Waals surface area (Å²) in [5, 5.41) is 1.11. The Hall–Kier alpha value is -0.500. The maximum absolute atomic E-state index is 5.21. The fourth-order valence-electron chi connectivity index (χ4n) is 2.72. The van der Waals surface area contributed by atoms with Crippen LogP contribution in [-0.4, -0.2) is 12.4 Å². The van der Waals surface area contributed by atoms with Gasteiger partial charge in [-0.05, 0) is 36.5 Å². The molecule has 0 aliphatic carbocycles. The first-order valence-corrected chi connectivity index (χ1v) is 9.61. The molecule has 0 aromatic heterocycles. The molecule has 0 aliphatic rings. The first-order chi connectivity index (χ1) is 10.3. The van der Waals surface area contributed by atoms with Crippen molar-refractivity contribution in [2.75, 3.05) is 12.4 Å². The van der Waals surface area contributed by atoms with E-state index in [4.69, 9.17) is 4.74 Å². The third-order valence-corrected chi connectivity index (χ3v) is 5.03. The Bertz CT molecular complexity index is 347. The summed E-state index contributed by atoms with van der Waals surface area (Å²) >= 11 is 3.68. The highest BCUT2D eigenvalue weighted by Crippen LogP contribution is 2.20. The quantitative estimate of drug-likeness (QED) is 0.312. The lowest BCUT2D eigenvalue weighted by Crippen LogP contribution is -2.06. The lowest BCUT2D eigenvalue weighted by molar-refractivity contribution is 0.414. The molecule has 2 heteroatoms. The molecule has 1 unspecified atom stereocenters. The van der Waals surface area contributed by atoms with Crippen LogP contribution < -0.4 is 4.74 Å². The Morgan fingerprint density at radius 2 is 1.57 bits per heavy atom. The zero-order valence-electron chi connectivity index (χ0n) is 13.7. The van der Waals surface area contributed by atoms with E-state index in [-0.39, 0.29) is 0 Å². The van der Waals surface area contributed by atoms with Crippen molar-refractivity contribution in [1.29, 1.82) is 0 Å². The van der Waals surface area contributed by atoms with Crippen molar-refractivity contribution in [1.82, 2.24) is 0 Å². The third kappa shape index (κ3) is 8.50. The highest BCUT2D eigenvalue weighted by Gasteiger charge is 2.08. The molecule has 1 atom stereocenters. The van der Waals surface area contributed by atoms with Gasteiger partial charge in [0, 0.05) is 5.33 Å². The maximum Gasteiger partial charge on any atom is 0.118 e. The monoisotopic (exact) mass is 354 g/mol. The van der Waals surface area contributed by atoms with Crippen LogP contribution in [-0.2, 0) is 6.42 Å². The summed E-state index contributed by atoms with van der Waals surface area (Å²) in [6.07, 6.45) is 12.3. The second kappa shape index (κ2) is 12.1. The maximum atomic E-state index is 5.21. The predicted molar refractivity (Wildman–Crippen MR) is 96.6 cm³/mol. The molecule has 0 saturated heterocycles. The minimum absolute atomic E-state index is 0.758. The van der Waals surface area contributed by atoms with Crippen LogP contribution in [0.1, 0.15) is 63.9 Å². The molecule has 120 valence electrons. The molecule has 0 aliphatic heterocycles. The molecule has 21 heavy (non-hydrogen) atoms. The number of hydrogen-bond acceptors (Lipinski definition) is 1. The van der Waals surface area contributed by atoms with Gasteiger partial charge in [0.2, 0.25) is 0 Å². The van der Waals surface area contributed by atoms with Crippen LogP contribution in [0, 0.1) is 5.92 Å². The number of benzene rings is 1. The van der Waals surface area contributed by atoms with Crippen molar-refractivity contribution in [3.63, 3.8) is 0 Å². The topological polar surface area (TPSA) is 9.23 Å². The number of rotatable bonds is 12. The summed E-state index contributed by atoms with van der Waals surface area (Å²) in [6.45, 7) is 2.28. The smallest absolute Gasteiger partial charge is 0.118 e. The fourth-order valence-corrected chi connectivity index (χ4v) is 3.27. The molecule has 1 rings (SSSR count). The number of ether oxygens (including phenoxy) is 1. The van der Waals surface area contributed by atoms with Gasteiger partial charge in [0.15, 0.2) is 0 Å². The molecule has 0 bridgehead atoms. The third-order valence-electron chi connectivity index (χ3n) is 4.12. The Balaban J connectivity index is 2.18. The standard InChI is InChI=1S/C19H31BrO/c1-3-4-5-6-7-8-9-10-18(16-20)15-17-11-13-19(21-2)14-12-17/h11-14,18H,3-10,15-16H2,1-2H3. The Kier molecular flexibility index (Phi) is 10.7. The van der Waals surface area contributed by atoms with Crippen molar-refractivity contribution >= 4 is 15.9 Å². The Morgan fingerprint density at radius 3 is 2.14 bits per heavy atom. The summed E-state index contributed by atoms with van der Waals surface area (Å²) in [5.74, 6) is 1.70. The van der Waals surface area contributed by atoms with Crippen LogP contribution in [0.2, 0.25) is 0 Å². The van der Waals surface area contributed by atoms with Crippen molar-refractivity contribution in [2.45, 2.75) is 64.7 Å². The molecule has 0 amide bonds. The molecule has 0 heterocycles. The summed E-state index contributed by atoms with van der Waals surface area (Å²) < 4.78 is 5.21. The normalized spacial score (nSPS) is 12.3. The Morgan fingerprint density at radius 1 is 0.952 bits per heavy atom. The lowest BCUT2D eigenvalue weighted by Gasteiger charge is -2.14. The van der Waals surface area contributed by atoms with Gasteiger partial charge in [0.1, 0.15) is 5.75 Å². The first-order valence-electron chi connectivity index (χ1n) is 8.49. The molecule has 1 nitrogen and oxygen atoms in total. The van der Waals surface area contributed by atoms with Gasteiger partial charge in [-0.25, -0.2) is 0 Å². The number of alkyl halides is 1. The van der Waals surface area contributed by atoms with Gasteiger partial charge in [0.05, 0.1) is 7.11 Å². The fraction of sp³-hybridized carbons (Fsp3) is 0.684. The van der Waals surface area contributed by atoms with Crippen molar-refractivity contribution in [3.05, 3.63) is 29.8 Å². The minimum Gasteiger partial charge on any atom is -0.497 e. The van der Waals surface area contributed by atoms with Crippen LogP contribution >= 0.6 is 15.9 Å². The number of hydrogen-bond donors (Lipinski definition) is 0. The molecule has 0 fully saturated rings. The van der Waals surface area contributed by atoms with Crippen LogP contribution in [0.15, 0.2) is 24.3 Å². The molecule has 0 radical (unpaired) electrons. The predicted octanol–water partition coefficient (Wildman–Crippen LogP) is 6.39. The first kappa shape index (κ1) is 18.5. The van der Waals surface area contributed by atoms with E-state index in [0.717, 1.165) is 17.0 Å². The largest absolute Gasteiger partial charge is 0.497 e. The van der Waals surface area contributed by atoms with Crippen molar-refractivity contribution in [3.8, 4) is 5.75 Å². The van der Waals surface area contributed by atoms with E-state index in [1.54, 1.807) is 7.11 Å². The highest BCUT2D eigenvalue weighted by molar-refractivity contribution is 9.09. The Labute approximate surface area is 139 Å². The van der Waals surface area contributed by atoms with E-state index in [1.165, 1.54) is 63.4 Å². The summed E-state index contributed by atoms with van der Waals surface area (Å²) in [6, 6.07) is 8.52. The minimum atomic E-state index is 0.758. The van der Waals surface area contributed by atoms with E-state index in [2.05, 4.69) is 47.1 Å². The number of halogens is 1. The highest BCUT2D eigenvalue weighted by atomic mass is 79.9. The van der Waals surface area contributed by atoms with Gasteiger partial charge in [-0.1, -0.05) is 79.9 Å². The van der Waals surface area contributed by atoms with Crippen molar-refractivity contribution < 1.29 is 4.74 Å².